The number of amides is 7. The number of phenols is 3. The summed E-state index contributed by atoms with van der Waals surface area (Å²) in [6, 6.07) is 6.51. The van der Waals surface area contributed by atoms with Gasteiger partial charge in [-0.25, -0.2) is 4.79 Å². The average Bonchev–Trinajstić information content (AvgIpc) is 0.770. The van der Waals surface area contributed by atoms with Gasteiger partial charge in [-0.2, -0.15) is 0 Å². The number of nitrogens with two attached hydrogens (primary N) is 1. The molecule has 1 saturated heterocycles. The van der Waals surface area contributed by atoms with E-state index in [-0.39, 0.29) is 97.1 Å². The number of carbonyl (C=O) groups is 9. The molecule has 0 aromatic heterocycles. The molecular weight excluding hydrogens is 1470 g/mol. The maximum atomic E-state index is 16.5. The van der Waals surface area contributed by atoms with Crippen molar-refractivity contribution in [1.82, 2.24) is 31.9 Å². The van der Waals surface area contributed by atoms with Gasteiger partial charge < -0.3 is 92.1 Å². The molecule has 30 heteroatoms. The Balaban J connectivity index is 1.05. The molecule has 4 saturated carbocycles. The van der Waals surface area contributed by atoms with E-state index in [9.17, 15) is 55.2 Å². The van der Waals surface area contributed by atoms with E-state index in [2.05, 4.69) is 31.9 Å². The molecule has 14 atom stereocenters. The summed E-state index contributed by atoms with van der Waals surface area (Å²) in [6.07, 6.45) is -7.86. The zero-order valence-electron chi connectivity index (χ0n) is 61.3. The van der Waals surface area contributed by atoms with E-state index in [0.29, 0.717) is 31.1 Å². The third-order valence-corrected chi connectivity index (χ3v) is 23.4. The molecule has 1 unspecified atom stereocenters. The molecule has 15 bridgehead atoms. The van der Waals surface area contributed by atoms with Gasteiger partial charge in [-0.1, -0.05) is 88.4 Å². The van der Waals surface area contributed by atoms with Crippen molar-refractivity contribution in [1.29, 1.82) is 0 Å². The highest BCUT2D eigenvalue weighted by Gasteiger charge is 2.51. The van der Waals surface area contributed by atoms with Crippen LogP contribution in [0.3, 0.4) is 0 Å². The molecule has 6 aliphatic heterocycles. The molecule has 4 aliphatic carbocycles. The van der Waals surface area contributed by atoms with Gasteiger partial charge in [0.2, 0.25) is 41.6 Å². The van der Waals surface area contributed by atoms with Gasteiger partial charge in [0.25, 0.3) is 0 Å². The topological polar surface area (TPSA) is 451 Å². The van der Waals surface area contributed by atoms with E-state index in [1.165, 1.54) is 48.5 Å². The number of ketones is 3. The first-order valence-electron chi connectivity index (χ1n) is 37.8. The Morgan fingerprint density at radius 3 is 1.92 bits per heavy atom. The molecule has 5 aromatic carbocycles. The number of imide groups is 1. The number of Topliss-reactive ketones (excluding diaryl/α,β-unsaturated/α-hetero) is 3. The van der Waals surface area contributed by atoms with Gasteiger partial charge in [-0.05, 0) is 169 Å². The molecular formula is C80H95Cl2N7O21. The van der Waals surface area contributed by atoms with Crippen LogP contribution in [-0.2, 0) is 43.1 Å². The smallest absolute Gasteiger partial charge is 0.321 e. The molecule has 5 fully saturated rings. The van der Waals surface area contributed by atoms with Crippen LogP contribution in [0.25, 0.3) is 11.1 Å². The highest BCUT2D eigenvalue weighted by atomic mass is 35.5. The monoisotopic (exact) mass is 1560 g/mol. The number of carbonyl (C=O) groups excluding carboxylic acids is 9. The van der Waals surface area contributed by atoms with E-state index in [1.807, 2.05) is 20.8 Å². The third-order valence-electron chi connectivity index (χ3n) is 22.8. The Kier molecular flexibility index (Phi) is 25.1. The molecule has 10 aliphatic rings. The lowest BCUT2D eigenvalue weighted by atomic mass is 9.51. The van der Waals surface area contributed by atoms with Gasteiger partial charge >= 0.3 is 6.03 Å². The number of urea groups is 1. The van der Waals surface area contributed by atoms with Crippen molar-refractivity contribution in [3.8, 4) is 57.1 Å². The molecule has 110 heavy (non-hydrogen) atoms. The second-order valence-electron chi connectivity index (χ2n) is 30.9. The number of halogens is 2. The zero-order valence-corrected chi connectivity index (χ0v) is 62.8. The standard InChI is InChI=1S/C80H95Cl2N7O21/c1-5-7-8-9-16-84-80(106)85-63(96)29-45-26-55(93)67(88-75(102)38(6-2)17-35(3)4)69(97)40-11-14-58(51(81)24-40)107-60-27-44-28-61(74(60)110-79-73(101)72(100)71(99)62(34-83)109-79)108-59-15-12-41(25-52(59)82)70(98)68-78(105)87-66(57(95)32-47-42-19-36-18-37(21-42)22-43(47)20-36)50-30-46(90)31-54(92)64(50)49-23-39(10-13-53(49)91)48(77(104)89-68)33-56(94)65(44)86-76(45)103/h10-15,23-25,27-28,30-31,35-38,42-43,45,47-48,62,65-73,79,90-92,97-101H,5-9,16-22,26,29,32-34,83H2,1-4H3,(H,86,103)(H,87,105)(H,88,102)(H,89,104)(H2,84,85,96,106)/t36?,37?,38-,42?,43?,45+,47?,48-,62-,65?,66+,67+,68+,69-,70-,71-,72+,73-,79+/m1/s1. The van der Waals surface area contributed by atoms with E-state index >= 15 is 28.8 Å². The summed E-state index contributed by atoms with van der Waals surface area (Å²) < 4.78 is 25.7. The number of phenolic OH excluding ortho intramolecular Hbond substituents is 3. The number of aliphatic hydroxyl groups excluding tert-OH is 5. The summed E-state index contributed by atoms with van der Waals surface area (Å²) in [5, 5.41) is 110. The lowest BCUT2D eigenvalue weighted by Crippen LogP contribution is -2.60. The van der Waals surface area contributed by atoms with Gasteiger partial charge in [0, 0.05) is 61.9 Å². The number of nitrogens with one attached hydrogen (secondary N) is 6. The number of fused-ring (bicyclic) bond motifs is 15. The van der Waals surface area contributed by atoms with E-state index in [4.69, 9.17) is 47.9 Å². The molecule has 6 heterocycles. The summed E-state index contributed by atoms with van der Waals surface area (Å²) >= 11 is 14.3. The van der Waals surface area contributed by atoms with Crippen molar-refractivity contribution in [2.24, 2.45) is 53.1 Å². The van der Waals surface area contributed by atoms with Crippen molar-refractivity contribution in [3.63, 3.8) is 0 Å². The van der Waals surface area contributed by atoms with Crippen LogP contribution >= 0.6 is 23.2 Å². The summed E-state index contributed by atoms with van der Waals surface area (Å²) in [6.45, 7) is 7.25. The van der Waals surface area contributed by atoms with Gasteiger partial charge in [0.15, 0.2) is 28.8 Å². The summed E-state index contributed by atoms with van der Waals surface area (Å²) in [7, 11) is 0. The second kappa shape index (κ2) is 34.3. The number of benzene rings is 5. The Morgan fingerprint density at radius 1 is 0.655 bits per heavy atom. The molecule has 15 rings (SSSR count). The molecule has 0 radical (unpaired) electrons. The average molecular weight is 1560 g/mol. The van der Waals surface area contributed by atoms with Crippen LogP contribution < -0.4 is 51.8 Å². The minimum absolute atomic E-state index is 0.0180. The molecule has 16 N–H and O–H groups in total. The largest absolute Gasteiger partial charge is 0.508 e. The lowest BCUT2D eigenvalue weighted by Gasteiger charge is -2.54. The quantitative estimate of drug-likeness (QED) is 0.0368. The van der Waals surface area contributed by atoms with E-state index in [1.54, 1.807) is 6.92 Å². The number of aliphatic hydroxyl groups is 5. The highest BCUT2D eigenvalue weighted by Crippen LogP contribution is 2.58. The van der Waals surface area contributed by atoms with Gasteiger partial charge in [0.05, 0.1) is 21.9 Å². The normalized spacial score (nSPS) is 28.8. The SMILES string of the molecule is CCCCCCNC(=O)NC(=O)C[C@@H]1CC(=O)[C@H](NC(=O)[C@H](CC)CC(C)C)[C@H](O)c2ccc(c(Cl)c2)Oc2cc3cc(c2O[C@@H]2O[C@H](CN)[C@@H](O)[C@H](O)[C@H]2O)Oc2ccc(cc2Cl)[C@@H](O)[C@@H]2NC(=O)[C@H](CC(=O)C3NC1=O)c1ccc(O)c(c1)-c1c(O)cc(O)cc1[C@@H](C(=O)CC1C3CC4CC(C3)CC1C4)NC2=O. The fraction of sp³-hybridized carbons (Fsp3) is 0.512. The zero-order chi connectivity index (χ0) is 78.8. The lowest BCUT2D eigenvalue weighted by molar-refractivity contribution is -0.270. The number of rotatable bonds is 18. The Bertz CT molecular complexity index is 4340. The summed E-state index contributed by atoms with van der Waals surface area (Å²) in [5.41, 5.74) is 4.55. The van der Waals surface area contributed by atoms with Crippen LogP contribution in [0, 0.1) is 47.3 Å². The van der Waals surface area contributed by atoms with Gasteiger partial charge in [0.1, 0.15) is 89.5 Å². The van der Waals surface area contributed by atoms with Crippen molar-refractivity contribution >= 4 is 76.1 Å². The molecule has 590 valence electrons. The molecule has 0 spiro atoms. The predicted molar refractivity (Wildman–Crippen MR) is 397 cm³/mol. The number of hydrogen-bond acceptors (Lipinski definition) is 22. The maximum Gasteiger partial charge on any atom is 0.321 e. The van der Waals surface area contributed by atoms with Crippen molar-refractivity contribution in [2.75, 3.05) is 13.1 Å². The first-order chi connectivity index (χ1) is 52.5. The number of ether oxygens (including phenoxy) is 4. The van der Waals surface area contributed by atoms with Crippen LogP contribution in [0.2, 0.25) is 10.0 Å². The van der Waals surface area contributed by atoms with Crippen molar-refractivity contribution in [2.45, 2.75) is 197 Å². The summed E-state index contributed by atoms with van der Waals surface area (Å²) in [4.78, 5) is 137. The number of hydrogen-bond donors (Lipinski definition) is 15. The Hall–Kier alpha value is -8.97. The molecule has 7 amide bonds. The van der Waals surface area contributed by atoms with Crippen LogP contribution in [0.4, 0.5) is 4.79 Å². The third kappa shape index (κ3) is 17.5. The fourth-order valence-corrected chi connectivity index (χ4v) is 17.7. The van der Waals surface area contributed by atoms with Crippen LogP contribution in [0.5, 0.6) is 46.0 Å². The fourth-order valence-electron chi connectivity index (χ4n) is 17.2. The number of unbranched alkanes of at least 4 members (excludes halogenated alkanes) is 3. The highest BCUT2D eigenvalue weighted by molar-refractivity contribution is 6.32. The summed E-state index contributed by atoms with van der Waals surface area (Å²) in [5.74, 6) is -15.3. The van der Waals surface area contributed by atoms with Crippen LogP contribution in [-0.4, -0.2) is 150 Å². The van der Waals surface area contributed by atoms with Crippen LogP contribution in [0.1, 0.15) is 182 Å². The Morgan fingerprint density at radius 2 is 1.30 bits per heavy atom. The van der Waals surface area contributed by atoms with E-state index < -0.39 is 198 Å². The maximum absolute atomic E-state index is 16.5. The minimum atomic E-state index is -2.17. The van der Waals surface area contributed by atoms with Gasteiger partial charge in [-0.3, -0.25) is 43.7 Å². The Labute approximate surface area is 644 Å². The van der Waals surface area contributed by atoms with Crippen molar-refractivity contribution < 1.29 is 103 Å². The van der Waals surface area contributed by atoms with Gasteiger partial charge in [-0.15, -0.1) is 0 Å². The number of aromatic hydroxyl groups is 3. The first-order valence-corrected chi connectivity index (χ1v) is 38.6. The predicted octanol–water partition coefficient (Wildman–Crippen LogP) is 8.12. The first kappa shape index (κ1) is 80.5. The molecule has 5 aromatic rings. The van der Waals surface area contributed by atoms with E-state index in [0.717, 1.165) is 81.7 Å². The second-order valence-corrected chi connectivity index (χ2v) is 31.7. The molecule has 28 nitrogen and oxygen atoms in total. The minimum Gasteiger partial charge on any atom is -0.508 e. The van der Waals surface area contributed by atoms with Crippen molar-refractivity contribution in [3.05, 3.63) is 117 Å². The van der Waals surface area contributed by atoms with Crippen LogP contribution in [0.15, 0.2) is 78.9 Å².